The molecule has 0 unspecified atom stereocenters. The lowest BCUT2D eigenvalue weighted by molar-refractivity contribution is 0.0919. The molecular weight excluding hydrogens is 481 g/mol. The fraction of sp³-hybridized carbons (Fsp3) is 0.320. The number of rotatable bonds is 7. The van der Waals surface area contributed by atoms with E-state index in [9.17, 15) is 14.0 Å². The molecule has 4 N–H and O–H groups in total. The minimum atomic E-state index is -0.697. The molecule has 9 nitrogen and oxygen atoms in total. The van der Waals surface area contributed by atoms with Gasteiger partial charge in [-0.25, -0.2) is 14.4 Å². The van der Waals surface area contributed by atoms with Gasteiger partial charge in [0, 0.05) is 18.6 Å². The van der Waals surface area contributed by atoms with Crippen LogP contribution in [0.2, 0.25) is 0 Å². The number of hydrogen-bond donors (Lipinski definition) is 3. The van der Waals surface area contributed by atoms with Crippen LogP contribution in [0, 0.1) is 12.7 Å². The van der Waals surface area contributed by atoms with Crippen LogP contribution in [0.25, 0.3) is 6.08 Å². The topological polar surface area (TPSA) is 126 Å². The minimum Gasteiger partial charge on any atom is -0.364 e. The molecule has 3 aromatic rings. The molecular formula is C25H28FN7O2S. The first kappa shape index (κ1) is 25.2. The van der Waals surface area contributed by atoms with Gasteiger partial charge in [-0.1, -0.05) is 18.2 Å². The lowest BCUT2D eigenvalue weighted by Gasteiger charge is -2.40. The summed E-state index contributed by atoms with van der Waals surface area (Å²) < 4.78 is 18.8. The molecule has 2 aromatic heterocycles. The van der Waals surface area contributed by atoms with Gasteiger partial charge in [-0.15, -0.1) is 0 Å². The van der Waals surface area contributed by atoms with Crippen LogP contribution in [0.4, 0.5) is 21.0 Å². The predicted octanol–water partition coefficient (Wildman–Crippen LogP) is 4.04. The highest BCUT2D eigenvalue weighted by Gasteiger charge is 2.31. The maximum absolute atomic E-state index is 14.6. The molecule has 0 saturated carbocycles. The largest absolute Gasteiger partial charge is 0.364 e. The molecule has 0 radical (unpaired) electrons. The van der Waals surface area contributed by atoms with Gasteiger partial charge in [0.15, 0.2) is 11.5 Å². The molecule has 0 bridgehead atoms. The van der Waals surface area contributed by atoms with E-state index in [1.165, 1.54) is 29.9 Å². The summed E-state index contributed by atoms with van der Waals surface area (Å²) in [6.07, 6.45) is 6.61. The summed E-state index contributed by atoms with van der Waals surface area (Å²) in [5.74, 6) is -0.943. The van der Waals surface area contributed by atoms with Crippen LogP contribution in [0.15, 0.2) is 36.5 Å². The van der Waals surface area contributed by atoms with Crippen molar-refractivity contribution in [1.29, 1.82) is 0 Å². The van der Waals surface area contributed by atoms with Crippen molar-refractivity contribution in [2.24, 2.45) is 5.73 Å². The lowest BCUT2D eigenvalue weighted by Crippen LogP contribution is -2.54. The molecule has 11 heteroatoms. The zero-order chi connectivity index (χ0) is 25.8. The summed E-state index contributed by atoms with van der Waals surface area (Å²) in [5.41, 5.74) is 7.07. The number of carbonyl (C=O) groups excluding carboxylic acids is 2. The van der Waals surface area contributed by atoms with Crippen LogP contribution in [0.3, 0.4) is 0 Å². The Morgan fingerprint density at radius 2 is 2.11 bits per heavy atom. The van der Waals surface area contributed by atoms with E-state index in [1.54, 1.807) is 12.1 Å². The average Bonchev–Trinajstić information content (AvgIpc) is 3.25. The number of nitrogens with one attached hydrogen (secondary N) is 2. The molecule has 2 amide bonds. The second kappa shape index (κ2) is 10.8. The summed E-state index contributed by atoms with van der Waals surface area (Å²) >= 11 is 1.24. The first-order valence-electron chi connectivity index (χ1n) is 11.6. The summed E-state index contributed by atoms with van der Waals surface area (Å²) in [5, 5.41) is 6.78. The number of allylic oxidation sites excluding steroid dienone is 1. The third-order valence-electron chi connectivity index (χ3n) is 6.06. The predicted molar refractivity (Wildman–Crippen MR) is 139 cm³/mol. The number of piperidine rings is 1. The number of nitrogens with zero attached hydrogens (tertiary/aromatic N) is 4. The SMILES string of the molecule is C/C=C/c1ccc(C(=O)N[C@@H]2CCCN(c3cnc(C(N)=O)c(Nc4cc(C)ns4)n3)[C@@H]2C)c(F)c1. The summed E-state index contributed by atoms with van der Waals surface area (Å²) in [6, 6.07) is 6.00. The second-order valence-corrected chi connectivity index (χ2v) is 9.45. The lowest BCUT2D eigenvalue weighted by atomic mass is 9.97. The molecule has 3 heterocycles. The maximum atomic E-state index is 14.6. The first-order valence-corrected chi connectivity index (χ1v) is 12.4. The van der Waals surface area contributed by atoms with Crippen molar-refractivity contribution in [3.63, 3.8) is 0 Å². The van der Waals surface area contributed by atoms with Crippen molar-refractivity contribution in [2.75, 3.05) is 16.8 Å². The number of primary amides is 1. The number of amides is 2. The second-order valence-electron chi connectivity index (χ2n) is 8.64. The van der Waals surface area contributed by atoms with Crippen molar-refractivity contribution in [2.45, 2.75) is 45.7 Å². The monoisotopic (exact) mass is 509 g/mol. The highest BCUT2D eigenvalue weighted by atomic mass is 32.1. The summed E-state index contributed by atoms with van der Waals surface area (Å²) in [4.78, 5) is 35.7. The molecule has 4 rings (SSSR count). The van der Waals surface area contributed by atoms with Crippen LogP contribution in [-0.4, -0.2) is 44.8 Å². The van der Waals surface area contributed by atoms with Gasteiger partial charge in [-0.2, -0.15) is 4.37 Å². The van der Waals surface area contributed by atoms with E-state index in [0.717, 1.165) is 18.5 Å². The van der Waals surface area contributed by atoms with Gasteiger partial charge >= 0.3 is 0 Å². The molecule has 1 saturated heterocycles. The van der Waals surface area contributed by atoms with Crippen molar-refractivity contribution < 1.29 is 14.0 Å². The van der Waals surface area contributed by atoms with E-state index in [1.807, 2.05) is 37.8 Å². The molecule has 1 aliphatic heterocycles. The van der Waals surface area contributed by atoms with Crippen LogP contribution < -0.4 is 21.3 Å². The summed E-state index contributed by atoms with van der Waals surface area (Å²) in [7, 11) is 0. The molecule has 0 aliphatic carbocycles. The number of halogens is 1. The Morgan fingerprint density at radius 1 is 1.31 bits per heavy atom. The van der Waals surface area contributed by atoms with Crippen molar-refractivity contribution >= 4 is 46.1 Å². The van der Waals surface area contributed by atoms with E-state index in [4.69, 9.17) is 5.73 Å². The van der Waals surface area contributed by atoms with E-state index >= 15 is 0 Å². The molecule has 0 spiro atoms. The molecule has 36 heavy (non-hydrogen) atoms. The fourth-order valence-electron chi connectivity index (χ4n) is 4.24. The molecule has 1 aromatic carbocycles. The van der Waals surface area contributed by atoms with E-state index < -0.39 is 17.6 Å². The van der Waals surface area contributed by atoms with Gasteiger partial charge in [0.1, 0.15) is 16.6 Å². The van der Waals surface area contributed by atoms with E-state index in [0.29, 0.717) is 22.9 Å². The average molecular weight is 510 g/mol. The number of aryl methyl sites for hydroxylation is 1. The minimum absolute atomic E-state index is 0.00418. The van der Waals surface area contributed by atoms with E-state index in [-0.39, 0.29) is 29.2 Å². The molecule has 1 aliphatic rings. The van der Waals surface area contributed by atoms with Crippen molar-refractivity contribution in [3.8, 4) is 0 Å². The van der Waals surface area contributed by atoms with Crippen LogP contribution in [0.1, 0.15) is 58.8 Å². The number of benzene rings is 1. The van der Waals surface area contributed by atoms with Gasteiger partial charge in [0.2, 0.25) is 0 Å². The first-order chi connectivity index (χ1) is 17.3. The van der Waals surface area contributed by atoms with Crippen LogP contribution >= 0.6 is 11.5 Å². The number of anilines is 3. The number of aromatic nitrogens is 3. The number of carbonyl (C=O) groups is 2. The zero-order valence-electron chi connectivity index (χ0n) is 20.3. The third-order valence-corrected chi connectivity index (χ3v) is 6.85. The molecule has 2 atom stereocenters. The van der Waals surface area contributed by atoms with Gasteiger partial charge in [0.25, 0.3) is 11.8 Å². The van der Waals surface area contributed by atoms with Crippen LogP contribution in [0.5, 0.6) is 0 Å². The number of hydrogen-bond acceptors (Lipinski definition) is 8. The zero-order valence-corrected chi connectivity index (χ0v) is 21.1. The smallest absolute Gasteiger partial charge is 0.271 e. The Hall–Kier alpha value is -3.86. The Labute approximate surface area is 212 Å². The Kier molecular flexibility index (Phi) is 7.58. The van der Waals surface area contributed by atoms with Gasteiger partial charge < -0.3 is 21.3 Å². The quantitative estimate of drug-likeness (QED) is 0.439. The molecule has 188 valence electrons. The molecule has 1 fully saturated rings. The van der Waals surface area contributed by atoms with Gasteiger partial charge in [0.05, 0.1) is 17.5 Å². The summed E-state index contributed by atoms with van der Waals surface area (Å²) in [6.45, 7) is 6.37. The van der Waals surface area contributed by atoms with Gasteiger partial charge in [-0.05, 0) is 68.9 Å². The highest BCUT2D eigenvalue weighted by molar-refractivity contribution is 7.10. The van der Waals surface area contributed by atoms with Gasteiger partial charge in [-0.3, -0.25) is 9.59 Å². The van der Waals surface area contributed by atoms with E-state index in [2.05, 4.69) is 25.0 Å². The third kappa shape index (κ3) is 5.51. The van der Waals surface area contributed by atoms with Crippen molar-refractivity contribution in [1.82, 2.24) is 19.7 Å². The maximum Gasteiger partial charge on any atom is 0.271 e. The van der Waals surface area contributed by atoms with Crippen LogP contribution in [-0.2, 0) is 0 Å². The number of nitrogens with two attached hydrogens (primary N) is 1. The Morgan fingerprint density at radius 3 is 2.78 bits per heavy atom. The Balaban J connectivity index is 1.54. The highest BCUT2D eigenvalue weighted by Crippen LogP contribution is 2.28. The standard InChI is InChI=1S/C25H28FN7O2S/c1-4-6-16-8-9-17(18(26)12-16)25(35)29-19-7-5-10-33(15(19)3)20-13-28-22(23(27)34)24(30-20)31-21-11-14(2)32-36-21/h4,6,8-9,11-13,15,19H,5,7,10H2,1-3H3,(H2,27,34)(H,29,35)(H,30,31)/b6-4+/t15-,19-/m1/s1. The normalized spacial score (nSPS) is 17.8. The fourth-order valence-corrected chi connectivity index (χ4v) is 4.90. The van der Waals surface area contributed by atoms with Crippen molar-refractivity contribution in [3.05, 3.63) is 64.9 Å². The Bertz CT molecular complexity index is 1310.